The first-order valence-electron chi connectivity index (χ1n) is 13.1. The summed E-state index contributed by atoms with van der Waals surface area (Å²) in [6.07, 6.45) is -1.74. The largest absolute Gasteiger partial charge is 0.429 e. The molecule has 3 unspecified atom stereocenters. The van der Waals surface area contributed by atoms with Crippen molar-refractivity contribution in [1.82, 2.24) is 0 Å². The van der Waals surface area contributed by atoms with E-state index in [1.807, 2.05) is 6.07 Å². The van der Waals surface area contributed by atoms with Crippen LogP contribution in [0.5, 0.6) is 5.75 Å². The molecule has 0 fully saturated rings. The Bertz CT molecular complexity index is 1430. The van der Waals surface area contributed by atoms with Gasteiger partial charge in [0.15, 0.2) is 17.5 Å². The predicted molar refractivity (Wildman–Crippen MR) is 135 cm³/mol. The molecule has 40 heavy (non-hydrogen) atoms. The van der Waals surface area contributed by atoms with E-state index in [-0.39, 0.29) is 29.7 Å². The normalized spacial score (nSPS) is 23.0. The average molecular weight is 567 g/mol. The zero-order valence-electron chi connectivity index (χ0n) is 21.5. The lowest BCUT2D eigenvalue weighted by Crippen LogP contribution is -2.35. The Balaban J connectivity index is 1.38. The number of hydrogen-bond donors (Lipinski definition) is 0. The van der Waals surface area contributed by atoms with Crippen LogP contribution in [0, 0.1) is 23.4 Å². The number of allylic oxidation sites excluding steroid dienone is 7. The second-order valence-electron chi connectivity index (χ2n) is 10.5. The van der Waals surface area contributed by atoms with Gasteiger partial charge >= 0.3 is 6.11 Å². The zero-order chi connectivity index (χ0) is 28.8. The van der Waals surface area contributed by atoms with Crippen molar-refractivity contribution in [3.8, 4) is 5.75 Å². The lowest BCUT2D eigenvalue weighted by molar-refractivity contribution is -0.151. The van der Waals surface area contributed by atoms with Gasteiger partial charge in [-0.1, -0.05) is 50.1 Å². The summed E-state index contributed by atoms with van der Waals surface area (Å²) < 4.78 is 118. The summed E-state index contributed by atoms with van der Waals surface area (Å²) in [5, 5.41) is 0. The summed E-state index contributed by atoms with van der Waals surface area (Å²) >= 11 is 0. The molecule has 0 saturated carbocycles. The molecule has 1 nitrogen and oxygen atoms in total. The van der Waals surface area contributed by atoms with E-state index in [1.165, 1.54) is 17.2 Å². The van der Waals surface area contributed by atoms with Crippen LogP contribution in [0.15, 0.2) is 71.1 Å². The minimum atomic E-state index is -4.66. The summed E-state index contributed by atoms with van der Waals surface area (Å²) in [6.45, 7) is 2.15. The van der Waals surface area contributed by atoms with Crippen LogP contribution in [0.4, 0.5) is 35.1 Å². The van der Waals surface area contributed by atoms with Crippen LogP contribution in [0.2, 0.25) is 0 Å². The highest BCUT2D eigenvalue weighted by Crippen LogP contribution is 2.43. The highest BCUT2D eigenvalue weighted by Gasteiger charge is 2.47. The monoisotopic (exact) mass is 566 g/mol. The maximum Gasteiger partial charge on any atom is 0.428 e. The first kappa shape index (κ1) is 28.2. The Morgan fingerprint density at radius 2 is 1.50 bits per heavy atom. The van der Waals surface area contributed by atoms with Crippen LogP contribution in [-0.4, -0.2) is 18.5 Å². The Kier molecular flexibility index (Phi) is 7.68. The average Bonchev–Trinajstić information content (AvgIpc) is 3.28. The van der Waals surface area contributed by atoms with Gasteiger partial charge < -0.3 is 4.74 Å². The summed E-state index contributed by atoms with van der Waals surface area (Å²) in [4.78, 5) is 0. The van der Waals surface area contributed by atoms with Gasteiger partial charge in [0.25, 0.3) is 0 Å². The lowest BCUT2D eigenvalue weighted by atomic mass is 9.83. The fourth-order valence-electron chi connectivity index (χ4n) is 5.76. The van der Waals surface area contributed by atoms with E-state index < -0.39 is 59.5 Å². The van der Waals surface area contributed by atoms with Crippen molar-refractivity contribution in [2.24, 2.45) is 5.92 Å². The van der Waals surface area contributed by atoms with Crippen molar-refractivity contribution >= 4 is 5.57 Å². The number of hydrogen-bond acceptors (Lipinski definition) is 1. The van der Waals surface area contributed by atoms with Crippen molar-refractivity contribution in [1.29, 1.82) is 0 Å². The topological polar surface area (TPSA) is 9.23 Å². The molecule has 0 bridgehead atoms. The molecule has 9 heteroatoms. The van der Waals surface area contributed by atoms with Crippen LogP contribution in [0.3, 0.4) is 0 Å². The fraction of sp³-hybridized carbons (Fsp3) is 0.355. The highest BCUT2D eigenvalue weighted by molar-refractivity contribution is 5.72. The fourth-order valence-corrected chi connectivity index (χ4v) is 5.76. The molecule has 3 aliphatic rings. The molecule has 0 radical (unpaired) electrons. The molecule has 3 atom stereocenters. The number of rotatable bonds is 7. The third-order valence-corrected chi connectivity index (χ3v) is 7.65. The van der Waals surface area contributed by atoms with Gasteiger partial charge in [0.1, 0.15) is 29.5 Å². The van der Waals surface area contributed by atoms with Crippen LogP contribution in [0.1, 0.15) is 49.3 Å². The molecular weight excluding hydrogens is 540 g/mol. The molecule has 0 aromatic heterocycles. The number of benzene rings is 2. The van der Waals surface area contributed by atoms with Crippen molar-refractivity contribution in [2.75, 3.05) is 0 Å². The second-order valence-corrected chi connectivity index (χ2v) is 10.5. The van der Waals surface area contributed by atoms with Gasteiger partial charge in [-0.15, -0.1) is 0 Å². The molecule has 0 heterocycles. The van der Waals surface area contributed by atoms with E-state index in [9.17, 15) is 30.7 Å². The van der Waals surface area contributed by atoms with E-state index in [4.69, 9.17) is 0 Å². The molecule has 2 aromatic rings. The number of ether oxygens (including phenoxy) is 1. The van der Waals surface area contributed by atoms with E-state index in [2.05, 4.69) is 23.8 Å². The molecule has 5 rings (SSSR count). The third kappa shape index (κ3) is 5.47. The molecule has 0 saturated heterocycles. The maximum atomic E-state index is 15.3. The van der Waals surface area contributed by atoms with E-state index in [1.54, 1.807) is 6.08 Å². The quantitative estimate of drug-likeness (QED) is 0.240. The van der Waals surface area contributed by atoms with Crippen molar-refractivity contribution in [3.05, 3.63) is 105 Å². The van der Waals surface area contributed by atoms with Gasteiger partial charge in [0.05, 0.1) is 0 Å². The summed E-state index contributed by atoms with van der Waals surface area (Å²) in [7, 11) is 0. The molecule has 2 aromatic carbocycles. The third-order valence-electron chi connectivity index (χ3n) is 7.65. The molecule has 0 aliphatic heterocycles. The minimum absolute atomic E-state index is 0.0170. The molecule has 0 N–H and O–H groups in total. The Morgan fingerprint density at radius 3 is 2.15 bits per heavy atom. The van der Waals surface area contributed by atoms with Crippen molar-refractivity contribution in [3.63, 3.8) is 0 Å². The van der Waals surface area contributed by atoms with Gasteiger partial charge in [-0.2, -0.15) is 8.78 Å². The summed E-state index contributed by atoms with van der Waals surface area (Å²) in [5.74, 6) is -7.78. The van der Waals surface area contributed by atoms with Crippen LogP contribution in [0.25, 0.3) is 5.57 Å². The van der Waals surface area contributed by atoms with Crippen molar-refractivity contribution in [2.45, 2.75) is 63.9 Å². The number of alkyl halides is 4. The van der Waals surface area contributed by atoms with Crippen LogP contribution >= 0.6 is 0 Å². The Labute approximate surface area is 226 Å². The standard InChI is InChI=1S/C31H26F8O/c1-2-3-16-8-17-4-5-18(10-20(17)9-16)19-6-7-23(24(32)11-19)21-12-25(33)29(26(34)13-21)31(38,39)40-22-14-27(35)30(37)28(36)15-22/h4-7,10,12,14-16,24,26H,2-3,8-9,11,13H2,1H3. The molecule has 0 amide bonds. The van der Waals surface area contributed by atoms with Gasteiger partial charge in [-0.05, 0) is 58.2 Å². The maximum absolute atomic E-state index is 15.3. The summed E-state index contributed by atoms with van der Waals surface area (Å²) in [5.41, 5.74) is 2.28. The van der Waals surface area contributed by atoms with Crippen LogP contribution in [-0.2, 0) is 12.8 Å². The smallest absolute Gasteiger partial charge is 0.428 e. The number of halogens is 8. The first-order chi connectivity index (χ1) is 19.0. The highest BCUT2D eigenvalue weighted by atomic mass is 19.3. The Hall–Kier alpha value is -3.36. The predicted octanol–water partition coefficient (Wildman–Crippen LogP) is 9.23. The van der Waals surface area contributed by atoms with Gasteiger partial charge in [-0.25, -0.2) is 26.3 Å². The molecule has 3 aliphatic carbocycles. The van der Waals surface area contributed by atoms with E-state index in [0.29, 0.717) is 12.0 Å². The summed E-state index contributed by atoms with van der Waals surface area (Å²) in [6, 6.07) is 6.34. The minimum Gasteiger partial charge on any atom is -0.429 e. The SMILES string of the molecule is CCCC1Cc2ccc(C3=CC=C(C4=CC(F)=C(C(F)(F)Oc5cc(F)c(F)c(F)c5)C(F)C4)C(F)C3)cc2C1. The number of fused-ring (bicyclic) bond motifs is 1. The van der Waals surface area contributed by atoms with Crippen molar-refractivity contribution < 1.29 is 39.9 Å². The second kappa shape index (κ2) is 10.9. The lowest BCUT2D eigenvalue weighted by Gasteiger charge is -2.29. The van der Waals surface area contributed by atoms with E-state index >= 15 is 4.39 Å². The molecule has 0 spiro atoms. The van der Waals surface area contributed by atoms with Gasteiger partial charge in [0.2, 0.25) is 0 Å². The Morgan fingerprint density at radius 1 is 0.825 bits per heavy atom. The first-order valence-corrected chi connectivity index (χ1v) is 13.1. The van der Waals surface area contributed by atoms with Gasteiger partial charge in [-0.3, -0.25) is 0 Å². The molecular formula is C31H26F8O. The zero-order valence-corrected chi connectivity index (χ0v) is 21.5. The van der Waals surface area contributed by atoms with E-state index in [0.717, 1.165) is 36.8 Å². The van der Waals surface area contributed by atoms with Crippen LogP contribution < -0.4 is 4.74 Å². The van der Waals surface area contributed by atoms with Gasteiger partial charge in [0, 0.05) is 25.0 Å². The molecule has 212 valence electrons.